The highest BCUT2D eigenvalue weighted by Gasteiger charge is 2.22. The molecule has 1 aliphatic carbocycles. The molecule has 1 aromatic rings. The molecule has 1 fully saturated rings. The Hall–Kier alpha value is -1.49. The molecule has 2 amide bonds. The molecule has 2 rings (SSSR count). The van der Waals surface area contributed by atoms with E-state index in [-0.39, 0.29) is 11.8 Å². The molecule has 2 N–H and O–H groups in total. The lowest BCUT2D eigenvalue weighted by molar-refractivity contribution is -0.118. The highest BCUT2D eigenvalue weighted by molar-refractivity contribution is 7.99. The Balaban J connectivity index is 1.60. The van der Waals surface area contributed by atoms with E-state index in [1.807, 2.05) is 32.0 Å². The number of amides is 2. The summed E-state index contributed by atoms with van der Waals surface area (Å²) in [6.45, 7) is 3.99. The molecule has 22 heavy (non-hydrogen) atoms. The second kappa shape index (κ2) is 8.22. The van der Waals surface area contributed by atoms with Gasteiger partial charge in [0.1, 0.15) is 0 Å². The van der Waals surface area contributed by atoms with Gasteiger partial charge >= 0.3 is 0 Å². The summed E-state index contributed by atoms with van der Waals surface area (Å²) in [6, 6.07) is 6.41. The van der Waals surface area contributed by atoms with Crippen molar-refractivity contribution in [2.45, 2.75) is 45.6 Å². The predicted molar refractivity (Wildman–Crippen MR) is 92.3 cm³/mol. The molecular weight excluding hydrogens is 296 g/mol. The quantitative estimate of drug-likeness (QED) is 0.724. The molecule has 5 heteroatoms. The van der Waals surface area contributed by atoms with Gasteiger partial charge in [0.15, 0.2) is 0 Å². The smallest absolute Gasteiger partial charge is 0.230 e. The zero-order valence-electron chi connectivity index (χ0n) is 13.3. The number of nitrogens with one attached hydrogen (secondary N) is 2. The van der Waals surface area contributed by atoms with Crippen molar-refractivity contribution >= 4 is 29.3 Å². The van der Waals surface area contributed by atoms with E-state index in [0.29, 0.717) is 18.2 Å². The van der Waals surface area contributed by atoms with Crippen LogP contribution < -0.4 is 10.6 Å². The lowest BCUT2D eigenvalue weighted by Gasteiger charge is -2.11. The van der Waals surface area contributed by atoms with Crippen LogP contribution in [0.4, 0.5) is 5.69 Å². The monoisotopic (exact) mass is 320 g/mol. The standard InChI is InChI=1S/C17H24N2O2S/c1-12-5-3-6-13(2)17(12)19-15(20)7-4-10-22-11-16(21)18-14-8-9-14/h3,5-6,14H,4,7-11H2,1-2H3,(H,18,21)(H,19,20). The first kappa shape index (κ1) is 16.9. The van der Waals surface area contributed by atoms with Crippen molar-refractivity contribution in [3.63, 3.8) is 0 Å². The summed E-state index contributed by atoms with van der Waals surface area (Å²) in [6.07, 6.45) is 3.52. The minimum atomic E-state index is 0.0421. The first-order chi connectivity index (χ1) is 10.6. The zero-order chi connectivity index (χ0) is 15.9. The molecular formula is C17H24N2O2S. The molecule has 0 radical (unpaired) electrons. The molecule has 0 aliphatic heterocycles. The Labute approximate surface area is 136 Å². The van der Waals surface area contributed by atoms with Gasteiger partial charge in [-0.05, 0) is 50.0 Å². The predicted octanol–water partition coefficient (Wildman–Crippen LogP) is 3.03. The number of rotatable bonds is 8. The number of hydrogen-bond acceptors (Lipinski definition) is 3. The second-order valence-corrected chi connectivity index (χ2v) is 6.92. The van der Waals surface area contributed by atoms with Crippen LogP contribution >= 0.6 is 11.8 Å². The minimum absolute atomic E-state index is 0.0421. The van der Waals surface area contributed by atoms with Gasteiger partial charge in [0, 0.05) is 18.2 Å². The molecule has 120 valence electrons. The van der Waals surface area contributed by atoms with Crippen molar-refractivity contribution in [2.24, 2.45) is 0 Å². The summed E-state index contributed by atoms with van der Waals surface area (Å²) in [4.78, 5) is 23.5. The Morgan fingerprint density at radius 3 is 2.50 bits per heavy atom. The third kappa shape index (κ3) is 5.72. The van der Waals surface area contributed by atoms with Gasteiger partial charge in [-0.1, -0.05) is 18.2 Å². The highest BCUT2D eigenvalue weighted by Crippen LogP contribution is 2.20. The van der Waals surface area contributed by atoms with Crippen molar-refractivity contribution in [1.82, 2.24) is 5.32 Å². The van der Waals surface area contributed by atoms with Crippen LogP contribution in [0, 0.1) is 13.8 Å². The van der Waals surface area contributed by atoms with Crippen LogP contribution in [0.1, 0.15) is 36.8 Å². The van der Waals surface area contributed by atoms with Crippen LogP contribution in [0.25, 0.3) is 0 Å². The zero-order valence-corrected chi connectivity index (χ0v) is 14.1. The van der Waals surface area contributed by atoms with Gasteiger partial charge in [-0.2, -0.15) is 11.8 Å². The van der Waals surface area contributed by atoms with Crippen LogP contribution in [-0.4, -0.2) is 29.4 Å². The Morgan fingerprint density at radius 1 is 1.18 bits per heavy atom. The summed E-state index contributed by atoms with van der Waals surface area (Å²) in [5.41, 5.74) is 3.09. The Bertz CT molecular complexity index is 521. The first-order valence-corrected chi connectivity index (χ1v) is 8.95. The fourth-order valence-electron chi connectivity index (χ4n) is 2.21. The van der Waals surface area contributed by atoms with Crippen molar-refractivity contribution in [3.05, 3.63) is 29.3 Å². The Kier molecular flexibility index (Phi) is 6.31. The molecule has 4 nitrogen and oxygen atoms in total. The van der Waals surface area contributed by atoms with Crippen molar-refractivity contribution in [2.75, 3.05) is 16.8 Å². The Morgan fingerprint density at radius 2 is 1.86 bits per heavy atom. The van der Waals surface area contributed by atoms with Gasteiger partial charge in [0.2, 0.25) is 11.8 Å². The summed E-state index contributed by atoms with van der Waals surface area (Å²) < 4.78 is 0. The van der Waals surface area contributed by atoms with E-state index in [0.717, 1.165) is 41.8 Å². The molecule has 1 aliphatic rings. The maximum atomic E-state index is 12.0. The molecule has 0 bridgehead atoms. The number of aryl methyl sites for hydroxylation is 2. The normalized spacial score (nSPS) is 13.7. The third-order valence-electron chi connectivity index (χ3n) is 3.61. The van der Waals surface area contributed by atoms with Crippen LogP contribution in [0.2, 0.25) is 0 Å². The van der Waals surface area contributed by atoms with Crippen LogP contribution in [-0.2, 0) is 9.59 Å². The first-order valence-electron chi connectivity index (χ1n) is 7.79. The molecule has 0 atom stereocenters. The molecule has 0 unspecified atom stereocenters. The largest absolute Gasteiger partial charge is 0.353 e. The lowest BCUT2D eigenvalue weighted by Crippen LogP contribution is -2.27. The molecule has 1 aromatic carbocycles. The highest BCUT2D eigenvalue weighted by atomic mass is 32.2. The number of carbonyl (C=O) groups is 2. The van der Waals surface area contributed by atoms with Gasteiger partial charge in [-0.25, -0.2) is 0 Å². The van der Waals surface area contributed by atoms with Crippen molar-refractivity contribution in [3.8, 4) is 0 Å². The average molecular weight is 320 g/mol. The minimum Gasteiger partial charge on any atom is -0.353 e. The maximum Gasteiger partial charge on any atom is 0.230 e. The van der Waals surface area contributed by atoms with Crippen molar-refractivity contribution in [1.29, 1.82) is 0 Å². The van der Waals surface area contributed by atoms with E-state index < -0.39 is 0 Å². The van der Waals surface area contributed by atoms with Gasteiger partial charge in [0.25, 0.3) is 0 Å². The van der Waals surface area contributed by atoms with Gasteiger partial charge in [0.05, 0.1) is 5.75 Å². The van der Waals surface area contributed by atoms with Gasteiger partial charge in [-0.15, -0.1) is 0 Å². The molecule has 0 aromatic heterocycles. The summed E-state index contributed by atoms with van der Waals surface area (Å²) in [5.74, 6) is 1.49. The fraction of sp³-hybridized carbons (Fsp3) is 0.529. The SMILES string of the molecule is Cc1cccc(C)c1NC(=O)CCCSCC(=O)NC1CC1. The van der Waals surface area contributed by atoms with E-state index in [9.17, 15) is 9.59 Å². The van der Waals surface area contributed by atoms with Crippen LogP contribution in [0.15, 0.2) is 18.2 Å². The summed E-state index contributed by atoms with van der Waals surface area (Å²) in [7, 11) is 0. The van der Waals surface area contributed by atoms with Gasteiger partial charge < -0.3 is 10.6 Å². The van der Waals surface area contributed by atoms with E-state index in [1.165, 1.54) is 0 Å². The maximum absolute atomic E-state index is 12.0. The molecule has 0 spiro atoms. The van der Waals surface area contributed by atoms with E-state index in [4.69, 9.17) is 0 Å². The summed E-state index contributed by atoms with van der Waals surface area (Å²) in [5, 5.41) is 5.94. The molecule has 0 saturated heterocycles. The van der Waals surface area contributed by atoms with Crippen molar-refractivity contribution < 1.29 is 9.59 Å². The molecule has 0 heterocycles. The number of benzene rings is 1. The molecule has 1 saturated carbocycles. The van der Waals surface area contributed by atoms with Crippen LogP contribution in [0.3, 0.4) is 0 Å². The second-order valence-electron chi connectivity index (χ2n) is 5.81. The van der Waals surface area contributed by atoms with E-state index in [1.54, 1.807) is 11.8 Å². The summed E-state index contributed by atoms with van der Waals surface area (Å²) >= 11 is 1.59. The fourth-order valence-corrected chi connectivity index (χ4v) is 2.97. The van der Waals surface area contributed by atoms with E-state index in [2.05, 4.69) is 10.6 Å². The third-order valence-corrected chi connectivity index (χ3v) is 4.66. The topological polar surface area (TPSA) is 58.2 Å². The lowest BCUT2D eigenvalue weighted by atomic mass is 10.1. The van der Waals surface area contributed by atoms with Gasteiger partial charge in [-0.3, -0.25) is 9.59 Å². The van der Waals surface area contributed by atoms with E-state index >= 15 is 0 Å². The average Bonchev–Trinajstić information content (AvgIpc) is 3.26. The number of hydrogen-bond donors (Lipinski definition) is 2. The number of carbonyl (C=O) groups excluding carboxylic acids is 2. The number of thioether (sulfide) groups is 1. The van der Waals surface area contributed by atoms with Crippen LogP contribution in [0.5, 0.6) is 0 Å². The number of anilines is 1. The number of para-hydroxylation sites is 1.